The molecule has 6 heteroatoms. The van der Waals surface area contributed by atoms with Crippen LogP contribution in [0.3, 0.4) is 0 Å². The topological polar surface area (TPSA) is 50.2 Å². The van der Waals surface area contributed by atoms with Crippen LogP contribution in [0, 0.1) is 5.92 Å². The first-order chi connectivity index (χ1) is 9.08. The van der Waals surface area contributed by atoms with Gasteiger partial charge in [0.05, 0.1) is 23.8 Å². The molecule has 0 radical (unpaired) electrons. The number of likely N-dealkylation sites (N-methyl/N-ethyl adjacent to an activating group) is 1. The van der Waals surface area contributed by atoms with E-state index >= 15 is 0 Å². The Hall–Kier alpha value is -0.720. The largest absolute Gasteiger partial charge is 0.309 e. The smallest absolute Gasteiger partial charge is 0.195 e. The van der Waals surface area contributed by atoms with Crippen molar-refractivity contribution in [3.05, 3.63) is 16.4 Å². The Labute approximate surface area is 122 Å². The lowest BCUT2D eigenvalue weighted by Gasteiger charge is -2.12. The third-order valence-corrected chi connectivity index (χ3v) is 3.81. The summed E-state index contributed by atoms with van der Waals surface area (Å²) in [7, 11) is 4.02. The van der Waals surface area contributed by atoms with Gasteiger partial charge < -0.3 is 10.2 Å². The van der Waals surface area contributed by atoms with Crippen LogP contribution in [0.25, 0.3) is 0 Å². The van der Waals surface area contributed by atoms with E-state index in [1.807, 2.05) is 14.1 Å². The average molecular weight is 329 g/mol. The first kappa shape index (κ1) is 14.7. The molecule has 0 spiro atoms. The molecule has 1 saturated carbocycles. The average Bonchev–Trinajstić information content (AvgIpc) is 3.09. The molecule has 1 aromatic heterocycles. The molecule has 0 saturated heterocycles. The molecule has 1 fully saturated rings. The maximum atomic E-state index is 12.2. The summed E-state index contributed by atoms with van der Waals surface area (Å²) in [6.45, 7) is 2.93. The zero-order chi connectivity index (χ0) is 13.8. The minimum atomic E-state index is 0.101. The van der Waals surface area contributed by atoms with E-state index in [9.17, 15) is 4.79 Å². The predicted octanol–water partition coefficient (Wildman–Crippen LogP) is 1.39. The van der Waals surface area contributed by atoms with Crippen molar-refractivity contribution in [1.29, 1.82) is 0 Å². The number of nitrogens with one attached hydrogen (secondary N) is 1. The maximum Gasteiger partial charge on any atom is 0.195 e. The molecule has 1 aromatic rings. The minimum absolute atomic E-state index is 0.101. The minimum Gasteiger partial charge on any atom is -0.309 e. The molecule has 1 heterocycles. The number of hydrogen-bond acceptors (Lipinski definition) is 4. The molecular weight excluding hydrogens is 308 g/mol. The number of carbonyl (C=O) groups excluding carboxylic acids is 1. The number of rotatable bonds is 8. The van der Waals surface area contributed by atoms with Gasteiger partial charge >= 0.3 is 0 Å². The lowest BCUT2D eigenvalue weighted by molar-refractivity contribution is 0.0979. The van der Waals surface area contributed by atoms with Gasteiger partial charge in [0.15, 0.2) is 5.78 Å². The van der Waals surface area contributed by atoms with Gasteiger partial charge in [-0.2, -0.15) is 5.10 Å². The highest BCUT2D eigenvalue weighted by Gasteiger charge is 2.22. The second kappa shape index (κ2) is 6.63. The number of carbonyl (C=O) groups is 1. The van der Waals surface area contributed by atoms with Crippen molar-refractivity contribution in [1.82, 2.24) is 20.0 Å². The maximum absolute atomic E-state index is 12.2. The monoisotopic (exact) mass is 328 g/mol. The third-order valence-electron chi connectivity index (χ3n) is 3.23. The first-order valence-electron chi connectivity index (χ1n) is 6.68. The Balaban J connectivity index is 1.92. The zero-order valence-electron chi connectivity index (χ0n) is 11.5. The molecule has 5 nitrogen and oxygen atoms in total. The number of hydrogen-bond donors (Lipinski definition) is 1. The summed E-state index contributed by atoms with van der Waals surface area (Å²) >= 11 is 3.41. The fourth-order valence-corrected chi connectivity index (χ4v) is 2.42. The number of nitrogens with zero attached hydrogens (tertiary/aromatic N) is 3. The Kier molecular flexibility index (Phi) is 5.13. The molecule has 106 valence electrons. The molecule has 0 aliphatic heterocycles. The van der Waals surface area contributed by atoms with Crippen LogP contribution in [0.4, 0.5) is 0 Å². The normalized spacial score (nSPS) is 15.2. The predicted molar refractivity (Wildman–Crippen MR) is 78.4 cm³/mol. The zero-order valence-corrected chi connectivity index (χ0v) is 13.1. The van der Waals surface area contributed by atoms with Crippen LogP contribution in [0.5, 0.6) is 0 Å². The van der Waals surface area contributed by atoms with Crippen LogP contribution >= 0.6 is 15.9 Å². The summed E-state index contributed by atoms with van der Waals surface area (Å²) in [6, 6.07) is 0. The Bertz CT molecular complexity index is 440. The molecule has 0 unspecified atom stereocenters. The second-order valence-electron chi connectivity index (χ2n) is 5.36. The van der Waals surface area contributed by atoms with Gasteiger partial charge in [0.25, 0.3) is 0 Å². The van der Waals surface area contributed by atoms with Gasteiger partial charge in [-0.3, -0.25) is 9.48 Å². The van der Waals surface area contributed by atoms with Crippen LogP contribution in [0.15, 0.2) is 10.7 Å². The summed E-state index contributed by atoms with van der Waals surface area (Å²) in [5.41, 5.74) is 0.671. The van der Waals surface area contributed by atoms with E-state index in [0.717, 1.165) is 30.0 Å². The van der Waals surface area contributed by atoms with Crippen LogP contribution < -0.4 is 5.32 Å². The molecule has 19 heavy (non-hydrogen) atoms. The van der Waals surface area contributed by atoms with E-state index in [-0.39, 0.29) is 5.78 Å². The van der Waals surface area contributed by atoms with E-state index in [2.05, 4.69) is 31.2 Å². The highest BCUT2D eigenvalue weighted by atomic mass is 79.9. The van der Waals surface area contributed by atoms with E-state index < -0.39 is 0 Å². The van der Waals surface area contributed by atoms with E-state index in [4.69, 9.17) is 0 Å². The fourth-order valence-electron chi connectivity index (χ4n) is 1.90. The van der Waals surface area contributed by atoms with Crippen LogP contribution in [0.1, 0.15) is 23.3 Å². The molecule has 0 atom stereocenters. The van der Waals surface area contributed by atoms with Crippen molar-refractivity contribution in [2.75, 3.05) is 33.7 Å². The fraction of sp³-hybridized carbons (Fsp3) is 0.692. The summed E-state index contributed by atoms with van der Waals surface area (Å²) in [6.07, 6.45) is 4.29. The highest BCUT2D eigenvalue weighted by molar-refractivity contribution is 9.10. The summed E-state index contributed by atoms with van der Waals surface area (Å²) in [4.78, 5) is 14.3. The van der Waals surface area contributed by atoms with Crippen molar-refractivity contribution < 1.29 is 4.79 Å². The third kappa shape index (κ3) is 4.40. The molecule has 2 rings (SSSR count). The standard InChI is InChI=1S/C13H21BrN4O/c1-17(2)5-6-18-13(11(14)8-16-18)12(19)9-15-7-10-3-4-10/h8,10,15H,3-7,9H2,1-2H3. The van der Waals surface area contributed by atoms with Gasteiger partial charge in [0.2, 0.25) is 0 Å². The van der Waals surface area contributed by atoms with Crippen molar-refractivity contribution in [3.8, 4) is 0 Å². The van der Waals surface area contributed by atoms with E-state index in [1.165, 1.54) is 12.8 Å². The molecule has 0 bridgehead atoms. The van der Waals surface area contributed by atoms with Gasteiger partial charge in [0.1, 0.15) is 5.69 Å². The second-order valence-corrected chi connectivity index (χ2v) is 6.22. The number of aromatic nitrogens is 2. The van der Waals surface area contributed by atoms with Crippen molar-refractivity contribution >= 4 is 21.7 Å². The molecule has 1 N–H and O–H groups in total. The molecular formula is C13H21BrN4O. The molecule has 0 amide bonds. The summed E-state index contributed by atoms with van der Waals surface area (Å²) < 4.78 is 2.56. The van der Waals surface area contributed by atoms with Crippen molar-refractivity contribution in [2.45, 2.75) is 19.4 Å². The summed E-state index contributed by atoms with van der Waals surface area (Å²) in [5.74, 6) is 0.888. The Morgan fingerprint density at radius 1 is 1.58 bits per heavy atom. The highest BCUT2D eigenvalue weighted by Crippen LogP contribution is 2.27. The van der Waals surface area contributed by atoms with Crippen molar-refractivity contribution in [3.63, 3.8) is 0 Å². The molecule has 1 aliphatic rings. The quantitative estimate of drug-likeness (QED) is 0.733. The van der Waals surface area contributed by atoms with Crippen molar-refractivity contribution in [2.24, 2.45) is 5.92 Å². The Morgan fingerprint density at radius 3 is 2.95 bits per heavy atom. The van der Waals surface area contributed by atoms with Gasteiger partial charge in [-0.25, -0.2) is 0 Å². The van der Waals surface area contributed by atoms with E-state index in [0.29, 0.717) is 12.2 Å². The van der Waals surface area contributed by atoms with Gasteiger partial charge in [-0.05, 0) is 55.3 Å². The van der Waals surface area contributed by atoms with Gasteiger partial charge in [0, 0.05) is 6.54 Å². The Morgan fingerprint density at radius 2 is 2.32 bits per heavy atom. The number of halogens is 1. The van der Waals surface area contributed by atoms with Crippen LogP contribution in [-0.4, -0.2) is 54.2 Å². The number of ketones is 1. The first-order valence-corrected chi connectivity index (χ1v) is 7.47. The lowest BCUT2D eigenvalue weighted by Crippen LogP contribution is -2.28. The van der Waals surface area contributed by atoms with Crippen LogP contribution in [0.2, 0.25) is 0 Å². The molecule has 0 aromatic carbocycles. The SMILES string of the molecule is CN(C)CCn1ncc(Br)c1C(=O)CNCC1CC1. The lowest BCUT2D eigenvalue weighted by atomic mass is 10.2. The van der Waals surface area contributed by atoms with E-state index in [1.54, 1.807) is 10.9 Å². The van der Waals surface area contributed by atoms with Gasteiger partial charge in [-0.15, -0.1) is 0 Å². The van der Waals surface area contributed by atoms with Crippen LogP contribution in [-0.2, 0) is 6.54 Å². The number of Topliss-reactive ketones (excluding diaryl/α,β-unsaturated/α-hetero) is 1. The molecule has 1 aliphatic carbocycles. The summed E-state index contributed by atoms with van der Waals surface area (Å²) in [5, 5.41) is 7.49. The van der Waals surface area contributed by atoms with Gasteiger partial charge in [-0.1, -0.05) is 0 Å².